The highest BCUT2D eigenvalue weighted by Gasteiger charge is 2.27. The van der Waals surface area contributed by atoms with Gasteiger partial charge in [0.25, 0.3) is 0 Å². The van der Waals surface area contributed by atoms with Crippen molar-refractivity contribution in [2.45, 2.75) is 51.0 Å². The molecule has 2 atom stereocenters. The lowest BCUT2D eigenvalue weighted by Crippen LogP contribution is -2.33. The molecule has 18 heavy (non-hydrogen) atoms. The molecular weight excluding hydrogens is 222 g/mol. The molecule has 1 heterocycles. The van der Waals surface area contributed by atoms with E-state index in [9.17, 15) is 0 Å². The van der Waals surface area contributed by atoms with Gasteiger partial charge in [0.2, 0.25) is 0 Å². The van der Waals surface area contributed by atoms with Crippen LogP contribution in [-0.2, 0) is 6.42 Å². The summed E-state index contributed by atoms with van der Waals surface area (Å²) in [6.07, 6.45) is 6.36. The minimum absolute atomic E-state index is 0.691. The summed E-state index contributed by atoms with van der Waals surface area (Å²) in [4.78, 5) is 0. The van der Waals surface area contributed by atoms with E-state index in [1.807, 2.05) is 0 Å². The fourth-order valence-corrected chi connectivity index (χ4v) is 3.51. The van der Waals surface area contributed by atoms with Gasteiger partial charge >= 0.3 is 0 Å². The van der Waals surface area contributed by atoms with E-state index in [0.717, 1.165) is 19.6 Å². The third kappa shape index (κ3) is 2.26. The van der Waals surface area contributed by atoms with E-state index in [1.54, 1.807) is 0 Å². The van der Waals surface area contributed by atoms with Crippen molar-refractivity contribution in [2.24, 2.45) is 0 Å². The van der Waals surface area contributed by atoms with Gasteiger partial charge in [-0.3, -0.25) is 0 Å². The van der Waals surface area contributed by atoms with Gasteiger partial charge in [-0.1, -0.05) is 31.5 Å². The average Bonchev–Trinajstić information content (AvgIpc) is 2.87. The Morgan fingerprint density at radius 2 is 2.28 bits per heavy atom. The lowest BCUT2D eigenvalue weighted by Gasteiger charge is -2.30. The largest absolute Gasteiger partial charge is 0.493 e. The minimum atomic E-state index is 0.691. The molecule has 0 amide bonds. The highest BCUT2D eigenvalue weighted by Crippen LogP contribution is 2.40. The molecule has 2 nitrogen and oxygen atoms in total. The van der Waals surface area contributed by atoms with Crippen molar-refractivity contribution in [1.82, 2.24) is 5.32 Å². The molecule has 0 spiro atoms. The van der Waals surface area contributed by atoms with Crippen LogP contribution in [0.4, 0.5) is 0 Å². The number of hydrogen-bond acceptors (Lipinski definition) is 2. The third-order valence-corrected chi connectivity index (χ3v) is 4.35. The fourth-order valence-electron chi connectivity index (χ4n) is 3.51. The second kappa shape index (κ2) is 5.31. The van der Waals surface area contributed by atoms with Crippen LogP contribution < -0.4 is 10.1 Å². The van der Waals surface area contributed by atoms with Crippen molar-refractivity contribution in [3.8, 4) is 5.75 Å². The van der Waals surface area contributed by atoms with Crippen LogP contribution in [0.2, 0.25) is 0 Å². The van der Waals surface area contributed by atoms with E-state index >= 15 is 0 Å². The number of para-hydroxylation sites is 1. The standard InChI is InChI=1S/C16H23NO/c1-2-17-14-7-3-6-13(11-14)15-8-4-5-12-9-10-18-16(12)15/h4-5,8,13-14,17H,2-3,6-7,9-11H2,1H3. The summed E-state index contributed by atoms with van der Waals surface area (Å²) in [5, 5.41) is 3.61. The highest BCUT2D eigenvalue weighted by atomic mass is 16.5. The molecule has 0 saturated heterocycles. The number of benzene rings is 1. The molecule has 1 aromatic rings. The van der Waals surface area contributed by atoms with Gasteiger partial charge in [0.05, 0.1) is 6.61 Å². The van der Waals surface area contributed by atoms with Crippen molar-refractivity contribution < 1.29 is 4.74 Å². The van der Waals surface area contributed by atoms with Crippen molar-refractivity contribution in [1.29, 1.82) is 0 Å². The van der Waals surface area contributed by atoms with E-state index in [4.69, 9.17) is 4.74 Å². The maximum absolute atomic E-state index is 5.86. The zero-order valence-corrected chi connectivity index (χ0v) is 11.2. The normalized spacial score (nSPS) is 26.7. The summed E-state index contributed by atoms with van der Waals surface area (Å²) in [7, 11) is 0. The lowest BCUT2D eigenvalue weighted by atomic mass is 9.80. The van der Waals surface area contributed by atoms with Gasteiger partial charge in [-0.15, -0.1) is 0 Å². The monoisotopic (exact) mass is 245 g/mol. The zero-order valence-electron chi connectivity index (χ0n) is 11.2. The van der Waals surface area contributed by atoms with Gasteiger partial charge in [0, 0.05) is 12.5 Å². The lowest BCUT2D eigenvalue weighted by molar-refractivity contribution is 0.323. The Balaban J connectivity index is 1.80. The average molecular weight is 245 g/mol. The molecule has 1 aliphatic carbocycles. The van der Waals surface area contributed by atoms with Crippen LogP contribution in [0.15, 0.2) is 18.2 Å². The fraction of sp³-hybridized carbons (Fsp3) is 0.625. The van der Waals surface area contributed by atoms with Crippen molar-refractivity contribution in [2.75, 3.05) is 13.2 Å². The molecule has 2 aliphatic rings. The Labute approximate surface area is 110 Å². The van der Waals surface area contributed by atoms with Crippen LogP contribution in [-0.4, -0.2) is 19.2 Å². The van der Waals surface area contributed by atoms with Crippen LogP contribution in [0, 0.1) is 0 Å². The van der Waals surface area contributed by atoms with E-state index in [0.29, 0.717) is 12.0 Å². The van der Waals surface area contributed by atoms with Crippen molar-refractivity contribution in [3.05, 3.63) is 29.3 Å². The van der Waals surface area contributed by atoms with Crippen LogP contribution in [0.5, 0.6) is 5.75 Å². The molecule has 1 fully saturated rings. The predicted octanol–water partition coefficient (Wildman–Crippen LogP) is 3.26. The van der Waals surface area contributed by atoms with Gasteiger partial charge in [-0.05, 0) is 42.9 Å². The van der Waals surface area contributed by atoms with Gasteiger partial charge in [-0.2, -0.15) is 0 Å². The Morgan fingerprint density at radius 1 is 1.33 bits per heavy atom. The first-order chi connectivity index (χ1) is 8.88. The van der Waals surface area contributed by atoms with Crippen LogP contribution in [0.25, 0.3) is 0 Å². The molecule has 3 rings (SSSR count). The number of rotatable bonds is 3. The number of nitrogens with one attached hydrogen (secondary N) is 1. The van der Waals surface area contributed by atoms with E-state index in [1.165, 1.54) is 42.6 Å². The third-order valence-electron chi connectivity index (χ3n) is 4.35. The molecular formula is C16H23NO. The molecule has 0 aromatic heterocycles. The van der Waals surface area contributed by atoms with Gasteiger partial charge in [-0.25, -0.2) is 0 Å². The molecule has 98 valence electrons. The zero-order chi connectivity index (χ0) is 12.4. The minimum Gasteiger partial charge on any atom is -0.493 e. The molecule has 2 unspecified atom stereocenters. The summed E-state index contributed by atoms with van der Waals surface area (Å²) in [5.74, 6) is 1.90. The first-order valence-corrected chi connectivity index (χ1v) is 7.36. The molecule has 0 bridgehead atoms. The van der Waals surface area contributed by atoms with Crippen molar-refractivity contribution >= 4 is 0 Å². The second-order valence-electron chi connectivity index (χ2n) is 5.55. The Bertz CT molecular complexity index is 414. The van der Waals surface area contributed by atoms with E-state index in [2.05, 4.69) is 30.4 Å². The smallest absolute Gasteiger partial charge is 0.126 e. The van der Waals surface area contributed by atoms with Crippen LogP contribution in [0.3, 0.4) is 0 Å². The summed E-state index contributed by atoms with van der Waals surface area (Å²) in [6, 6.07) is 7.41. The molecule has 0 radical (unpaired) electrons. The highest BCUT2D eigenvalue weighted by molar-refractivity contribution is 5.46. The summed E-state index contributed by atoms with van der Waals surface area (Å²) in [5.41, 5.74) is 2.88. The molecule has 1 saturated carbocycles. The number of ether oxygens (including phenoxy) is 1. The summed E-state index contributed by atoms with van der Waals surface area (Å²) < 4.78 is 5.86. The van der Waals surface area contributed by atoms with Crippen LogP contribution in [0.1, 0.15) is 49.7 Å². The van der Waals surface area contributed by atoms with E-state index in [-0.39, 0.29) is 0 Å². The molecule has 1 N–H and O–H groups in total. The van der Waals surface area contributed by atoms with Crippen molar-refractivity contribution in [3.63, 3.8) is 0 Å². The van der Waals surface area contributed by atoms with E-state index < -0.39 is 0 Å². The maximum atomic E-state index is 5.86. The maximum Gasteiger partial charge on any atom is 0.126 e. The first kappa shape index (κ1) is 12.0. The SMILES string of the molecule is CCNC1CCCC(c2cccc3c2OCC3)C1. The second-order valence-corrected chi connectivity index (χ2v) is 5.55. The summed E-state index contributed by atoms with van der Waals surface area (Å²) in [6.45, 7) is 4.16. The Morgan fingerprint density at radius 3 is 3.17 bits per heavy atom. The van der Waals surface area contributed by atoms with Crippen LogP contribution >= 0.6 is 0 Å². The number of fused-ring (bicyclic) bond motifs is 1. The quantitative estimate of drug-likeness (QED) is 0.882. The Hall–Kier alpha value is -1.02. The van der Waals surface area contributed by atoms with Gasteiger partial charge in [0.1, 0.15) is 5.75 Å². The Kier molecular flexibility index (Phi) is 3.55. The summed E-state index contributed by atoms with van der Waals surface area (Å²) >= 11 is 0. The first-order valence-electron chi connectivity index (χ1n) is 7.36. The molecule has 1 aliphatic heterocycles. The predicted molar refractivity (Wildman–Crippen MR) is 74.3 cm³/mol. The molecule has 1 aromatic carbocycles. The number of hydrogen-bond donors (Lipinski definition) is 1. The molecule has 2 heteroatoms. The van der Waals surface area contributed by atoms with Gasteiger partial charge < -0.3 is 10.1 Å². The topological polar surface area (TPSA) is 21.3 Å². The van der Waals surface area contributed by atoms with Gasteiger partial charge in [0.15, 0.2) is 0 Å².